The van der Waals surface area contributed by atoms with Crippen LogP contribution in [0.5, 0.6) is 5.88 Å². The zero-order valence-electron chi connectivity index (χ0n) is 28.9. The van der Waals surface area contributed by atoms with E-state index < -0.39 is 5.41 Å². The van der Waals surface area contributed by atoms with Crippen molar-refractivity contribution in [3.05, 3.63) is 64.6 Å². The Labute approximate surface area is 270 Å². The monoisotopic (exact) mass is 610 g/mol. The van der Waals surface area contributed by atoms with Crippen LogP contribution < -0.4 is 0 Å². The van der Waals surface area contributed by atoms with Crippen LogP contribution in [0, 0.1) is 58.2 Å². The number of nitrogens with zero attached hydrogens (tertiary/aromatic N) is 2. The summed E-state index contributed by atoms with van der Waals surface area (Å²) < 4.78 is 6.22. The van der Waals surface area contributed by atoms with Crippen LogP contribution in [0.2, 0.25) is 0 Å². The number of fused-ring (bicyclic) bond motifs is 8. The first kappa shape index (κ1) is 30.9. The van der Waals surface area contributed by atoms with Crippen molar-refractivity contribution in [3.8, 4) is 5.88 Å². The fourth-order valence-corrected chi connectivity index (χ4v) is 12.3. The minimum Gasteiger partial charge on any atom is -0.493 e. The molecule has 3 fully saturated rings. The van der Waals surface area contributed by atoms with E-state index in [1.54, 1.807) is 5.57 Å². The molecule has 5 aliphatic rings. The molecule has 0 saturated heterocycles. The van der Waals surface area contributed by atoms with Gasteiger partial charge >= 0.3 is 5.97 Å². The Kier molecular flexibility index (Phi) is 6.98. The zero-order chi connectivity index (χ0) is 32.2. The molecule has 0 unspecified atom stereocenters. The Hall–Kier alpha value is -2.69. The molecule has 0 amide bonds. The van der Waals surface area contributed by atoms with Gasteiger partial charge in [-0.1, -0.05) is 90.4 Å². The Morgan fingerprint density at radius 2 is 1.69 bits per heavy atom. The molecule has 242 valence electrons. The molecular weight excluding hydrogens is 556 g/mol. The van der Waals surface area contributed by atoms with E-state index in [4.69, 9.17) is 9.72 Å². The molecule has 1 aromatic heterocycles. The molecule has 5 aliphatic carbocycles. The molecule has 9 atom stereocenters. The summed E-state index contributed by atoms with van der Waals surface area (Å²) in [5, 5.41) is 11.1. The Morgan fingerprint density at radius 3 is 2.42 bits per heavy atom. The molecule has 0 radical (unpaired) electrons. The van der Waals surface area contributed by atoms with Crippen LogP contribution in [-0.2, 0) is 28.0 Å². The quantitative estimate of drug-likeness (QED) is 0.278. The van der Waals surface area contributed by atoms with E-state index in [2.05, 4.69) is 59.5 Å². The van der Waals surface area contributed by atoms with E-state index in [0.29, 0.717) is 36.1 Å². The van der Waals surface area contributed by atoms with Crippen molar-refractivity contribution < 1.29 is 14.6 Å². The maximum atomic E-state index is 14.3. The number of carbonyl (C=O) groups is 1. The van der Waals surface area contributed by atoms with E-state index in [9.17, 15) is 9.90 Å². The summed E-state index contributed by atoms with van der Waals surface area (Å²) in [6.07, 6.45) is 10.8. The predicted molar refractivity (Wildman–Crippen MR) is 177 cm³/mol. The molecule has 2 aromatic rings. The van der Waals surface area contributed by atoms with Crippen LogP contribution in [0.4, 0.5) is 0 Å². The highest BCUT2D eigenvalue weighted by Crippen LogP contribution is 2.75. The van der Waals surface area contributed by atoms with Gasteiger partial charge in [0, 0.05) is 11.0 Å². The lowest BCUT2D eigenvalue weighted by molar-refractivity contribution is -0.184. The molecule has 0 spiro atoms. The lowest BCUT2D eigenvalue weighted by atomic mass is 9.33. The van der Waals surface area contributed by atoms with Crippen LogP contribution in [0.15, 0.2) is 42.0 Å². The summed E-state index contributed by atoms with van der Waals surface area (Å²) in [4.78, 5) is 23.7. The summed E-state index contributed by atoms with van der Waals surface area (Å²) in [6.45, 7) is 19.4. The second-order valence-corrected chi connectivity index (χ2v) is 17.2. The minimum absolute atomic E-state index is 0.0132. The first-order valence-electron chi connectivity index (χ1n) is 17.7. The maximum absolute atomic E-state index is 14.3. The van der Waals surface area contributed by atoms with Gasteiger partial charge in [-0.3, -0.25) is 4.79 Å². The minimum atomic E-state index is -0.441. The molecule has 45 heavy (non-hydrogen) atoms. The highest BCUT2D eigenvalue weighted by molar-refractivity contribution is 5.79. The van der Waals surface area contributed by atoms with Crippen LogP contribution in [-0.4, -0.2) is 21.0 Å². The molecule has 5 nitrogen and oxygen atoms in total. The third-order valence-electron chi connectivity index (χ3n) is 15.0. The number of hydrogen-bond acceptors (Lipinski definition) is 5. The molecule has 5 heteroatoms. The van der Waals surface area contributed by atoms with E-state index >= 15 is 0 Å². The van der Waals surface area contributed by atoms with Gasteiger partial charge in [0.25, 0.3) is 0 Å². The van der Waals surface area contributed by atoms with E-state index in [-0.39, 0.29) is 39.4 Å². The smallest absolute Gasteiger partial charge is 0.313 e. The predicted octanol–water partition coefficient (Wildman–Crippen LogP) is 8.91. The summed E-state index contributed by atoms with van der Waals surface area (Å²) in [7, 11) is 0. The number of allylic oxidation sites excluding steroid dienone is 2. The van der Waals surface area contributed by atoms with Crippen molar-refractivity contribution >= 4 is 5.97 Å². The van der Waals surface area contributed by atoms with Crippen LogP contribution >= 0.6 is 0 Å². The van der Waals surface area contributed by atoms with Gasteiger partial charge in [-0.05, 0) is 110 Å². The number of benzene rings is 1. The molecule has 3 saturated carbocycles. The third-order valence-corrected chi connectivity index (χ3v) is 15.0. The standard InChI is InChI=1S/C40H54N2O3/c1-24-16-19-40(35(44)45-23-27-12-10-9-11-13-27)21-20-38(7)29(32(40)25(24)2)14-15-31-37(6)22-28-33(41-26(3)42-34(28)43)36(4,5)30(37)17-18-39(31,38)8/h9-14,24-25,30-32H,15-23H2,1-8H3,(H,41,42,43)/t24-,25-,30+,31-,32-,37+,38+,39-,40-/m0/s1. The Morgan fingerprint density at radius 1 is 0.956 bits per heavy atom. The van der Waals surface area contributed by atoms with E-state index in [1.165, 1.54) is 6.42 Å². The van der Waals surface area contributed by atoms with Gasteiger partial charge < -0.3 is 9.84 Å². The van der Waals surface area contributed by atoms with Crippen LogP contribution in [0.3, 0.4) is 0 Å². The molecule has 7 rings (SSSR count). The molecule has 1 heterocycles. The number of aromatic nitrogens is 2. The number of esters is 1. The number of carbonyl (C=O) groups excluding carboxylic acids is 1. The second kappa shape index (κ2) is 10.2. The van der Waals surface area contributed by atoms with Crippen LogP contribution in [0.1, 0.15) is 116 Å². The third kappa shape index (κ3) is 4.13. The van der Waals surface area contributed by atoms with Crippen molar-refractivity contribution in [2.24, 2.45) is 51.2 Å². The number of aryl methyl sites for hydroxylation is 1. The van der Waals surface area contributed by atoms with Crippen molar-refractivity contribution in [1.29, 1.82) is 0 Å². The normalized spacial score (nSPS) is 41.3. The second-order valence-electron chi connectivity index (χ2n) is 17.2. The summed E-state index contributed by atoms with van der Waals surface area (Å²) in [5.74, 6) is 3.04. The van der Waals surface area contributed by atoms with Crippen molar-refractivity contribution in [2.45, 2.75) is 119 Å². The van der Waals surface area contributed by atoms with Crippen LogP contribution in [0.25, 0.3) is 0 Å². The number of hydrogen-bond donors (Lipinski definition) is 1. The Bertz CT molecular complexity index is 1550. The van der Waals surface area contributed by atoms with Gasteiger partial charge in [0.05, 0.1) is 11.1 Å². The van der Waals surface area contributed by atoms with Gasteiger partial charge in [0.2, 0.25) is 5.88 Å². The summed E-state index contributed by atoms with van der Waals surface area (Å²) in [5.41, 5.74) is 4.17. The Balaban J connectivity index is 1.28. The number of ether oxygens (including phenoxy) is 1. The van der Waals surface area contributed by atoms with Gasteiger partial charge in [0.15, 0.2) is 0 Å². The highest BCUT2D eigenvalue weighted by Gasteiger charge is 2.69. The first-order chi connectivity index (χ1) is 21.2. The lowest BCUT2D eigenvalue weighted by Crippen LogP contribution is -2.65. The molecule has 1 N–H and O–H groups in total. The largest absolute Gasteiger partial charge is 0.493 e. The average molecular weight is 611 g/mol. The number of rotatable bonds is 3. The molecule has 1 aromatic carbocycles. The van der Waals surface area contributed by atoms with Gasteiger partial charge in [-0.15, -0.1) is 0 Å². The van der Waals surface area contributed by atoms with Gasteiger partial charge in [0.1, 0.15) is 12.4 Å². The molecule has 0 aliphatic heterocycles. The number of aromatic hydroxyl groups is 1. The van der Waals surface area contributed by atoms with E-state index in [1.807, 2.05) is 37.3 Å². The average Bonchev–Trinajstić information content (AvgIpc) is 2.99. The SMILES string of the molecule is Cc1nc(O)c2c(n1)C(C)(C)[C@H]1CC[C@@]3(C)[C@@H](CC=C4[C@@H]5[C@@H](C)[C@@H](C)CC[C@]5(C(=O)OCc5ccccc5)CC[C@]43C)[C@]1(C)C2. The molecular formula is C40H54N2O3. The molecule has 0 bridgehead atoms. The van der Waals surface area contributed by atoms with Gasteiger partial charge in [-0.2, -0.15) is 4.98 Å². The van der Waals surface area contributed by atoms with Crippen molar-refractivity contribution in [1.82, 2.24) is 9.97 Å². The van der Waals surface area contributed by atoms with Gasteiger partial charge in [-0.25, -0.2) is 4.98 Å². The fraction of sp³-hybridized carbons (Fsp3) is 0.675. The first-order valence-corrected chi connectivity index (χ1v) is 17.7. The van der Waals surface area contributed by atoms with E-state index in [0.717, 1.165) is 61.8 Å². The maximum Gasteiger partial charge on any atom is 0.313 e. The van der Waals surface area contributed by atoms with Crippen molar-refractivity contribution in [3.63, 3.8) is 0 Å². The summed E-state index contributed by atoms with van der Waals surface area (Å²) >= 11 is 0. The van der Waals surface area contributed by atoms with Crippen molar-refractivity contribution in [2.75, 3.05) is 0 Å². The lowest BCUT2D eigenvalue weighted by Gasteiger charge is -2.70. The topological polar surface area (TPSA) is 72.3 Å². The fourth-order valence-electron chi connectivity index (χ4n) is 12.3. The summed E-state index contributed by atoms with van der Waals surface area (Å²) in [6, 6.07) is 10.1. The highest BCUT2D eigenvalue weighted by atomic mass is 16.5. The zero-order valence-corrected chi connectivity index (χ0v) is 28.9.